The van der Waals surface area contributed by atoms with Crippen LogP contribution in [0.4, 0.5) is 0 Å². The van der Waals surface area contributed by atoms with E-state index in [1.54, 1.807) is 11.9 Å². The van der Waals surface area contributed by atoms with Crippen LogP contribution >= 0.6 is 11.9 Å². The molecule has 1 fully saturated rings. The zero-order chi connectivity index (χ0) is 12.8. The minimum Gasteiger partial charge on any atom is -0.481 e. The van der Waals surface area contributed by atoms with Crippen LogP contribution in [0.25, 0.3) is 0 Å². The SMILES string of the molecule is CC.Cc1ccc(SN2CC(C(=O)O)C2)cc1. The molecule has 0 aliphatic carbocycles. The van der Waals surface area contributed by atoms with Gasteiger partial charge >= 0.3 is 5.97 Å². The number of rotatable bonds is 3. The summed E-state index contributed by atoms with van der Waals surface area (Å²) in [5, 5.41) is 8.72. The first-order chi connectivity index (χ1) is 8.15. The van der Waals surface area contributed by atoms with E-state index in [4.69, 9.17) is 5.11 Å². The molecule has 17 heavy (non-hydrogen) atoms. The predicted octanol–water partition coefficient (Wildman–Crippen LogP) is 3.04. The van der Waals surface area contributed by atoms with Crippen molar-refractivity contribution in [1.29, 1.82) is 0 Å². The Kier molecular flexibility index (Phi) is 5.51. The fraction of sp³-hybridized carbons (Fsp3) is 0.462. The van der Waals surface area contributed by atoms with Crippen LogP contribution in [0.1, 0.15) is 19.4 Å². The molecule has 0 radical (unpaired) electrons. The summed E-state index contributed by atoms with van der Waals surface area (Å²) >= 11 is 1.63. The summed E-state index contributed by atoms with van der Waals surface area (Å²) in [4.78, 5) is 11.8. The van der Waals surface area contributed by atoms with Crippen molar-refractivity contribution < 1.29 is 9.90 Å². The minimum absolute atomic E-state index is 0.178. The molecule has 0 bridgehead atoms. The number of carbonyl (C=O) groups is 1. The summed E-state index contributed by atoms with van der Waals surface area (Å²) in [5.41, 5.74) is 1.24. The third-order valence-corrected chi connectivity index (χ3v) is 3.49. The van der Waals surface area contributed by atoms with Crippen molar-refractivity contribution in [3.05, 3.63) is 29.8 Å². The third-order valence-electron chi connectivity index (χ3n) is 2.45. The zero-order valence-corrected chi connectivity index (χ0v) is 11.3. The molecule has 94 valence electrons. The molecule has 0 saturated carbocycles. The van der Waals surface area contributed by atoms with Crippen molar-refractivity contribution in [2.75, 3.05) is 13.1 Å². The first-order valence-electron chi connectivity index (χ1n) is 5.87. The van der Waals surface area contributed by atoms with Crippen molar-refractivity contribution in [1.82, 2.24) is 4.31 Å². The second-order valence-electron chi connectivity index (χ2n) is 3.79. The molecule has 0 unspecified atom stereocenters. The monoisotopic (exact) mass is 253 g/mol. The summed E-state index contributed by atoms with van der Waals surface area (Å²) < 4.78 is 2.07. The molecule has 0 amide bonds. The van der Waals surface area contributed by atoms with Crippen molar-refractivity contribution in [3.63, 3.8) is 0 Å². The molecule has 1 aromatic carbocycles. The molecule has 1 saturated heterocycles. The number of benzene rings is 1. The molecular formula is C13H19NO2S. The van der Waals surface area contributed by atoms with E-state index in [0.717, 1.165) is 0 Å². The lowest BCUT2D eigenvalue weighted by molar-refractivity contribution is -0.145. The van der Waals surface area contributed by atoms with Gasteiger partial charge < -0.3 is 5.11 Å². The second kappa shape index (κ2) is 6.67. The van der Waals surface area contributed by atoms with E-state index in [0.29, 0.717) is 13.1 Å². The molecule has 0 spiro atoms. The highest BCUT2D eigenvalue weighted by molar-refractivity contribution is 7.97. The number of nitrogens with zero attached hydrogens (tertiary/aromatic N) is 1. The first kappa shape index (κ1) is 14.1. The Morgan fingerprint density at radius 2 is 1.82 bits per heavy atom. The molecule has 1 aliphatic rings. The zero-order valence-electron chi connectivity index (χ0n) is 10.5. The molecule has 3 nitrogen and oxygen atoms in total. The van der Waals surface area contributed by atoms with Crippen LogP contribution in [-0.2, 0) is 4.79 Å². The molecule has 4 heteroatoms. The summed E-state index contributed by atoms with van der Waals surface area (Å²) in [6.45, 7) is 7.35. The maximum atomic E-state index is 10.6. The fourth-order valence-corrected chi connectivity index (χ4v) is 2.48. The summed E-state index contributed by atoms with van der Waals surface area (Å²) in [6, 6.07) is 8.26. The normalized spacial score (nSPS) is 15.7. The Balaban J connectivity index is 0.000000686. The highest BCUT2D eigenvalue weighted by atomic mass is 32.2. The van der Waals surface area contributed by atoms with Gasteiger partial charge in [-0.25, -0.2) is 4.31 Å². The van der Waals surface area contributed by atoms with E-state index < -0.39 is 5.97 Å². The van der Waals surface area contributed by atoms with Gasteiger partial charge in [0.1, 0.15) is 0 Å². The molecule has 0 aromatic heterocycles. The molecule has 1 aliphatic heterocycles. The van der Waals surface area contributed by atoms with Gasteiger partial charge in [0.25, 0.3) is 0 Å². The van der Waals surface area contributed by atoms with Gasteiger partial charge in [-0.3, -0.25) is 4.79 Å². The Morgan fingerprint density at radius 3 is 2.29 bits per heavy atom. The lowest BCUT2D eigenvalue weighted by Gasteiger charge is -2.35. The standard InChI is InChI=1S/C11H13NO2S.C2H6/c1-8-2-4-10(5-3-8)15-12-6-9(7-12)11(13)14;1-2/h2-5,9H,6-7H2,1H3,(H,13,14);1-2H3. The Morgan fingerprint density at radius 1 is 1.29 bits per heavy atom. The first-order valence-corrected chi connectivity index (χ1v) is 6.65. The van der Waals surface area contributed by atoms with Gasteiger partial charge in [0.15, 0.2) is 0 Å². The molecule has 1 aromatic rings. The summed E-state index contributed by atoms with van der Waals surface area (Å²) in [6.07, 6.45) is 0. The number of aliphatic carboxylic acids is 1. The summed E-state index contributed by atoms with van der Waals surface area (Å²) in [5.74, 6) is -0.862. The van der Waals surface area contributed by atoms with Crippen LogP contribution in [0.3, 0.4) is 0 Å². The van der Waals surface area contributed by atoms with Gasteiger partial charge in [-0.05, 0) is 31.0 Å². The topological polar surface area (TPSA) is 40.5 Å². The van der Waals surface area contributed by atoms with E-state index in [-0.39, 0.29) is 5.92 Å². The highest BCUT2D eigenvalue weighted by Gasteiger charge is 2.32. The fourth-order valence-electron chi connectivity index (χ4n) is 1.42. The minimum atomic E-state index is -0.684. The number of carboxylic acids is 1. The number of carboxylic acid groups (broad SMARTS) is 1. The quantitative estimate of drug-likeness (QED) is 0.841. The Labute approximate surface area is 107 Å². The predicted molar refractivity (Wildman–Crippen MR) is 71.1 cm³/mol. The van der Waals surface area contributed by atoms with Gasteiger partial charge in [-0.1, -0.05) is 31.5 Å². The van der Waals surface area contributed by atoms with Gasteiger partial charge in [0.2, 0.25) is 0 Å². The number of aryl methyl sites for hydroxylation is 1. The maximum absolute atomic E-state index is 10.6. The van der Waals surface area contributed by atoms with Gasteiger partial charge in [0.05, 0.1) is 5.92 Å². The van der Waals surface area contributed by atoms with E-state index in [1.807, 2.05) is 13.8 Å². The average Bonchev–Trinajstić information content (AvgIpc) is 2.27. The van der Waals surface area contributed by atoms with Crippen LogP contribution in [0, 0.1) is 12.8 Å². The van der Waals surface area contributed by atoms with E-state index in [2.05, 4.69) is 35.5 Å². The van der Waals surface area contributed by atoms with Crippen molar-refractivity contribution in [2.45, 2.75) is 25.7 Å². The van der Waals surface area contributed by atoms with Crippen LogP contribution in [0.2, 0.25) is 0 Å². The molecule has 2 rings (SSSR count). The Bertz CT molecular complexity index is 358. The smallest absolute Gasteiger partial charge is 0.309 e. The lowest BCUT2D eigenvalue weighted by atomic mass is 10.0. The van der Waals surface area contributed by atoms with Crippen LogP contribution < -0.4 is 0 Å². The van der Waals surface area contributed by atoms with Crippen LogP contribution in [0.5, 0.6) is 0 Å². The molecule has 1 heterocycles. The lowest BCUT2D eigenvalue weighted by Crippen LogP contribution is -2.46. The van der Waals surface area contributed by atoms with Gasteiger partial charge in [-0.15, -0.1) is 0 Å². The van der Waals surface area contributed by atoms with Crippen molar-refractivity contribution in [3.8, 4) is 0 Å². The van der Waals surface area contributed by atoms with Crippen molar-refractivity contribution >= 4 is 17.9 Å². The Hall–Kier alpha value is -1.00. The van der Waals surface area contributed by atoms with Gasteiger partial charge in [-0.2, -0.15) is 0 Å². The van der Waals surface area contributed by atoms with Crippen LogP contribution in [-0.4, -0.2) is 28.5 Å². The largest absolute Gasteiger partial charge is 0.481 e. The van der Waals surface area contributed by atoms with Crippen molar-refractivity contribution in [2.24, 2.45) is 5.92 Å². The maximum Gasteiger partial charge on any atom is 0.309 e. The molecule has 0 atom stereocenters. The number of hydrogen-bond donors (Lipinski definition) is 1. The van der Waals surface area contributed by atoms with Gasteiger partial charge in [0, 0.05) is 18.0 Å². The number of hydrogen-bond acceptors (Lipinski definition) is 3. The third kappa shape index (κ3) is 4.06. The summed E-state index contributed by atoms with van der Waals surface area (Å²) in [7, 11) is 0. The molecular weight excluding hydrogens is 234 g/mol. The average molecular weight is 253 g/mol. The second-order valence-corrected chi connectivity index (χ2v) is 4.96. The molecule has 1 N–H and O–H groups in total. The van der Waals surface area contributed by atoms with E-state index in [9.17, 15) is 4.79 Å². The van der Waals surface area contributed by atoms with E-state index in [1.165, 1.54) is 10.5 Å². The highest BCUT2D eigenvalue weighted by Crippen LogP contribution is 2.30. The van der Waals surface area contributed by atoms with Crippen LogP contribution in [0.15, 0.2) is 29.2 Å². The van der Waals surface area contributed by atoms with E-state index >= 15 is 0 Å².